The highest BCUT2D eigenvalue weighted by atomic mass is 16.2. The van der Waals surface area contributed by atoms with Gasteiger partial charge in [0.1, 0.15) is 17.4 Å². The molecule has 0 atom stereocenters. The first kappa shape index (κ1) is 19.1. The number of urea groups is 1. The summed E-state index contributed by atoms with van der Waals surface area (Å²) >= 11 is 0. The molecule has 0 aliphatic carbocycles. The molecular weight excluding hydrogens is 344 g/mol. The number of rotatable bonds is 5. The Balaban J connectivity index is 1.50. The lowest BCUT2D eigenvalue weighted by Crippen LogP contribution is -2.40. The zero-order chi connectivity index (χ0) is 19.4. The fourth-order valence-corrected chi connectivity index (χ4v) is 3.62. The van der Waals surface area contributed by atoms with Crippen LogP contribution in [0.5, 0.6) is 0 Å². The summed E-state index contributed by atoms with van der Waals surface area (Å²) in [5.74, 6) is 0.595. The molecule has 3 heterocycles. The van der Waals surface area contributed by atoms with Gasteiger partial charge in [0.2, 0.25) is 0 Å². The third-order valence-electron chi connectivity index (χ3n) is 5.10. The van der Waals surface area contributed by atoms with E-state index >= 15 is 0 Å². The summed E-state index contributed by atoms with van der Waals surface area (Å²) in [4.78, 5) is 34.4. The normalized spacial score (nSPS) is 20.3. The van der Waals surface area contributed by atoms with E-state index in [-0.39, 0.29) is 11.9 Å². The predicted octanol–water partition coefficient (Wildman–Crippen LogP) is 1.19. The minimum absolute atomic E-state index is 0.159. The molecule has 144 valence electrons. The predicted molar refractivity (Wildman–Crippen MR) is 101 cm³/mol. The van der Waals surface area contributed by atoms with Crippen LogP contribution in [0, 0.1) is 11.3 Å². The third-order valence-corrected chi connectivity index (χ3v) is 5.10. The second-order valence-electron chi connectivity index (χ2n) is 7.53. The van der Waals surface area contributed by atoms with Crippen LogP contribution in [-0.4, -0.2) is 71.5 Å². The smallest absolute Gasteiger partial charge is 0.325 e. The minimum Gasteiger partial charge on any atom is -0.354 e. The highest BCUT2D eigenvalue weighted by molar-refractivity contribution is 6.06. The molecule has 2 saturated heterocycles. The van der Waals surface area contributed by atoms with Gasteiger partial charge < -0.3 is 15.1 Å². The summed E-state index contributed by atoms with van der Waals surface area (Å²) in [7, 11) is 0. The van der Waals surface area contributed by atoms with Crippen LogP contribution < -0.4 is 10.2 Å². The first-order chi connectivity index (χ1) is 12.9. The molecule has 2 aliphatic heterocycles. The molecule has 0 spiro atoms. The van der Waals surface area contributed by atoms with Crippen molar-refractivity contribution in [3.8, 4) is 6.07 Å². The fourth-order valence-electron chi connectivity index (χ4n) is 3.62. The monoisotopic (exact) mass is 370 g/mol. The van der Waals surface area contributed by atoms with Crippen LogP contribution in [0.2, 0.25) is 0 Å². The van der Waals surface area contributed by atoms with E-state index in [0.29, 0.717) is 12.1 Å². The Labute approximate surface area is 159 Å². The van der Waals surface area contributed by atoms with Crippen LogP contribution in [0.1, 0.15) is 32.3 Å². The zero-order valence-corrected chi connectivity index (χ0v) is 15.9. The zero-order valence-electron chi connectivity index (χ0n) is 15.9. The van der Waals surface area contributed by atoms with Gasteiger partial charge in [-0.3, -0.25) is 9.69 Å². The highest BCUT2D eigenvalue weighted by Crippen LogP contribution is 2.19. The number of carbonyl (C=O) groups is 2. The number of imide groups is 1. The molecule has 1 aromatic heterocycles. The van der Waals surface area contributed by atoms with Crippen LogP contribution in [0.4, 0.5) is 10.6 Å². The molecule has 0 radical (unpaired) electrons. The van der Waals surface area contributed by atoms with Crippen molar-refractivity contribution >= 4 is 17.8 Å². The third kappa shape index (κ3) is 4.19. The summed E-state index contributed by atoms with van der Waals surface area (Å²) < 4.78 is 0. The highest BCUT2D eigenvalue weighted by Gasteiger charge is 2.43. The van der Waals surface area contributed by atoms with Crippen molar-refractivity contribution in [1.29, 1.82) is 5.26 Å². The molecule has 0 unspecified atom stereocenters. The molecule has 0 bridgehead atoms. The van der Waals surface area contributed by atoms with E-state index in [2.05, 4.69) is 26.2 Å². The standard InChI is InChI=1S/C19H26N6O2/c1-19(2)17(26)25(18(27)22-19)11-5-9-23-8-4-10-24(13-12-23)16-15(14-20)6-3-7-21-16/h3,6-7H,4-5,8-13H2,1-2H3,(H,22,27). The van der Waals surface area contributed by atoms with Gasteiger partial charge in [-0.1, -0.05) is 0 Å². The topological polar surface area (TPSA) is 92.6 Å². The molecule has 8 nitrogen and oxygen atoms in total. The Bertz CT molecular complexity index is 757. The Morgan fingerprint density at radius 1 is 1.22 bits per heavy atom. The van der Waals surface area contributed by atoms with Gasteiger partial charge in [-0.15, -0.1) is 0 Å². The molecule has 2 aliphatic rings. The number of nitrogens with zero attached hydrogens (tertiary/aromatic N) is 5. The molecule has 8 heteroatoms. The molecule has 3 rings (SSSR count). The van der Waals surface area contributed by atoms with Gasteiger partial charge in [0.15, 0.2) is 0 Å². The van der Waals surface area contributed by atoms with E-state index in [0.717, 1.165) is 51.4 Å². The van der Waals surface area contributed by atoms with Crippen LogP contribution in [0.25, 0.3) is 0 Å². The molecule has 0 aromatic carbocycles. The lowest BCUT2D eigenvalue weighted by Gasteiger charge is -2.23. The van der Waals surface area contributed by atoms with Crippen LogP contribution in [0.3, 0.4) is 0 Å². The number of nitrogens with one attached hydrogen (secondary N) is 1. The van der Waals surface area contributed by atoms with Gasteiger partial charge >= 0.3 is 6.03 Å². The van der Waals surface area contributed by atoms with Crippen LogP contribution in [0.15, 0.2) is 18.3 Å². The second-order valence-corrected chi connectivity index (χ2v) is 7.53. The summed E-state index contributed by atoms with van der Waals surface area (Å²) in [6, 6.07) is 5.49. The van der Waals surface area contributed by atoms with Crippen molar-refractivity contribution in [2.45, 2.75) is 32.2 Å². The average Bonchev–Trinajstić information content (AvgIpc) is 2.82. The number of hydrogen-bond acceptors (Lipinski definition) is 6. The van der Waals surface area contributed by atoms with E-state index in [4.69, 9.17) is 0 Å². The Kier molecular flexibility index (Phi) is 5.61. The summed E-state index contributed by atoms with van der Waals surface area (Å²) in [6.45, 7) is 8.22. The number of carbonyl (C=O) groups excluding carboxylic acids is 2. The van der Waals surface area contributed by atoms with Crippen LogP contribution in [-0.2, 0) is 4.79 Å². The van der Waals surface area contributed by atoms with E-state index in [1.165, 1.54) is 4.90 Å². The van der Waals surface area contributed by atoms with Gasteiger partial charge in [0, 0.05) is 32.4 Å². The first-order valence-electron chi connectivity index (χ1n) is 9.39. The Morgan fingerprint density at radius 2 is 2.04 bits per heavy atom. The van der Waals surface area contributed by atoms with E-state index in [1.54, 1.807) is 32.2 Å². The molecule has 27 heavy (non-hydrogen) atoms. The fraction of sp³-hybridized carbons (Fsp3) is 0.579. The van der Waals surface area contributed by atoms with Crippen molar-refractivity contribution in [2.75, 3.05) is 44.2 Å². The molecule has 3 amide bonds. The van der Waals surface area contributed by atoms with E-state index in [9.17, 15) is 14.9 Å². The number of nitriles is 1. The van der Waals surface area contributed by atoms with Gasteiger partial charge in [0.05, 0.1) is 5.56 Å². The van der Waals surface area contributed by atoms with Crippen LogP contribution >= 0.6 is 0 Å². The van der Waals surface area contributed by atoms with Gasteiger partial charge in [0.25, 0.3) is 5.91 Å². The maximum Gasteiger partial charge on any atom is 0.325 e. The van der Waals surface area contributed by atoms with Crippen molar-refractivity contribution in [3.05, 3.63) is 23.9 Å². The maximum absolute atomic E-state index is 12.2. The Morgan fingerprint density at radius 3 is 2.74 bits per heavy atom. The van der Waals surface area contributed by atoms with Crippen molar-refractivity contribution in [3.63, 3.8) is 0 Å². The average molecular weight is 370 g/mol. The van der Waals surface area contributed by atoms with Gasteiger partial charge in [-0.25, -0.2) is 9.78 Å². The quantitative estimate of drug-likeness (QED) is 0.783. The molecule has 1 N–H and O–H groups in total. The summed E-state index contributed by atoms with van der Waals surface area (Å²) in [5, 5.41) is 12.0. The van der Waals surface area contributed by atoms with E-state index in [1.807, 2.05) is 0 Å². The van der Waals surface area contributed by atoms with Gasteiger partial charge in [-0.2, -0.15) is 5.26 Å². The van der Waals surface area contributed by atoms with Crippen molar-refractivity contribution in [2.24, 2.45) is 0 Å². The summed E-state index contributed by atoms with van der Waals surface area (Å²) in [6.07, 6.45) is 3.46. The molecule has 2 fully saturated rings. The number of hydrogen-bond donors (Lipinski definition) is 1. The minimum atomic E-state index is -0.804. The van der Waals surface area contributed by atoms with Crippen molar-refractivity contribution < 1.29 is 9.59 Å². The number of amides is 3. The lowest BCUT2D eigenvalue weighted by atomic mass is 10.1. The number of aromatic nitrogens is 1. The maximum atomic E-state index is 12.2. The number of pyridine rings is 1. The number of anilines is 1. The SMILES string of the molecule is CC1(C)NC(=O)N(CCCN2CCCN(c3ncccc3C#N)CC2)C1=O. The van der Waals surface area contributed by atoms with Crippen molar-refractivity contribution in [1.82, 2.24) is 20.1 Å². The first-order valence-corrected chi connectivity index (χ1v) is 9.39. The lowest BCUT2D eigenvalue weighted by molar-refractivity contribution is -0.130. The molecule has 0 saturated carbocycles. The Hall–Kier alpha value is -2.66. The summed E-state index contributed by atoms with van der Waals surface area (Å²) in [5.41, 5.74) is -0.200. The molecule has 1 aromatic rings. The second kappa shape index (κ2) is 7.92. The van der Waals surface area contributed by atoms with Gasteiger partial charge in [-0.05, 0) is 51.9 Å². The largest absolute Gasteiger partial charge is 0.354 e. The molecular formula is C19H26N6O2. The van der Waals surface area contributed by atoms with E-state index < -0.39 is 5.54 Å².